The third-order valence-corrected chi connectivity index (χ3v) is 5.87. The molecule has 8 heteroatoms. The number of hydrogen-bond acceptors (Lipinski definition) is 4. The SMILES string of the molecule is O=C(OCc1cc(Cl)cc(Cl)c1)N1C[C@@H]2CN(C(=O)c3ccc(O)cc3)C[C@H]2C1. The standard InChI is InChI=1S/C21H20Cl2N2O4/c22-17-5-13(6-18(23)7-17)12-29-21(28)25-10-15-8-24(9-16(15)11-25)20(27)14-1-3-19(26)4-2-14/h1-7,15-16,26H,8-12H2/t15-,16-/m0/s1. The molecule has 29 heavy (non-hydrogen) atoms. The molecule has 6 nitrogen and oxygen atoms in total. The molecule has 2 aliphatic rings. The van der Waals surface area contributed by atoms with Gasteiger partial charge in [-0.25, -0.2) is 4.79 Å². The van der Waals surface area contributed by atoms with Crippen LogP contribution in [-0.4, -0.2) is 53.1 Å². The van der Waals surface area contributed by atoms with Crippen LogP contribution in [0.3, 0.4) is 0 Å². The van der Waals surface area contributed by atoms with Gasteiger partial charge >= 0.3 is 6.09 Å². The Hall–Kier alpha value is -2.44. The lowest BCUT2D eigenvalue weighted by Crippen LogP contribution is -2.35. The first-order chi connectivity index (χ1) is 13.9. The fourth-order valence-electron chi connectivity index (χ4n) is 4.03. The molecule has 2 aromatic carbocycles. The van der Waals surface area contributed by atoms with Crippen LogP contribution in [0.4, 0.5) is 4.79 Å². The van der Waals surface area contributed by atoms with Gasteiger partial charge in [-0.05, 0) is 48.0 Å². The van der Waals surface area contributed by atoms with Crippen molar-refractivity contribution in [2.24, 2.45) is 11.8 Å². The summed E-state index contributed by atoms with van der Waals surface area (Å²) in [7, 11) is 0. The molecule has 0 saturated carbocycles. The number of nitrogens with zero attached hydrogens (tertiary/aromatic N) is 2. The van der Waals surface area contributed by atoms with E-state index in [2.05, 4.69) is 0 Å². The highest BCUT2D eigenvalue weighted by Crippen LogP contribution is 2.32. The van der Waals surface area contributed by atoms with E-state index in [1.165, 1.54) is 12.1 Å². The molecule has 0 bridgehead atoms. The van der Waals surface area contributed by atoms with E-state index in [9.17, 15) is 14.7 Å². The minimum absolute atomic E-state index is 0.0497. The zero-order valence-corrected chi connectivity index (χ0v) is 17.1. The number of carbonyl (C=O) groups excluding carboxylic acids is 2. The number of rotatable bonds is 3. The lowest BCUT2D eigenvalue weighted by atomic mass is 10.0. The first-order valence-electron chi connectivity index (χ1n) is 9.34. The predicted octanol–water partition coefficient (Wildman–Crippen LogP) is 4.04. The number of likely N-dealkylation sites (tertiary alicyclic amines) is 2. The van der Waals surface area contributed by atoms with Crippen molar-refractivity contribution in [2.75, 3.05) is 26.2 Å². The third-order valence-electron chi connectivity index (χ3n) is 5.43. The molecule has 152 valence electrons. The molecule has 4 rings (SSSR count). The van der Waals surface area contributed by atoms with Crippen molar-refractivity contribution in [1.82, 2.24) is 9.80 Å². The largest absolute Gasteiger partial charge is 0.508 e. The number of ether oxygens (including phenoxy) is 1. The van der Waals surface area contributed by atoms with Crippen molar-refractivity contribution in [3.63, 3.8) is 0 Å². The van der Waals surface area contributed by atoms with Gasteiger partial charge in [-0.1, -0.05) is 23.2 Å². The summed E-state index contributed by atoms with van der Waals surface area (Å²) in [4.78, 5) is 28.6. The zero-order chi connectivity index (χ0) is 20.5. The summed E-state index contributed by atoms with van der Waals surface area (Å²) < 4.78 is 5.41. The Morgan fingerprint density at radius 1 is 0.931 bits per heavy atom. The maximum absolute atomic E-state index is 12.6. The second-order valence-corrected chi connectivity index (χ2v) is 8.39. The Balaban J connectivity index is 1.30. The van der Waals surface area contributed by atoms with Crippen LogP contribution in [0.2, 0.25) is 10.0 Å². The lowest BCUT2D eigenvalue weighted by Gasteiger charge is -2.21. The van der Waals surface area contributed by atoms with Crippen LogP contribution >= 0.6 is 23.2 Å². The van der Waals surface area contributed by atoms with Crippen LogP contribution in [0.1, 0.15) is 15.9 Å². The minimum atomic E-state index is -0.369. The highest BCUT2D eigenvalue weighted by atomic mass is 35.5. The summed E-state index contributed by atoms with van der Waals surface area (Å²) >= 11 is 11.9. The number of amides is 2. The van der Waals surface area contributed by atoms with Crippen LogP contribution in [0, 0.1) is 11.8 Å². The Kier molecular flexibility index (Phi) is 5.56. The molecule has 0 unspecified atom stereocenters. The van der Waals surface area contributed by atoms with Gasteiger partial charge in [0.15, 0.2) is 0 Å². The molecular formula is C21H20Cl2N2O4. The van der Waals surface area contributed by atoms with Crippen molar-refractivity contribution in [3.8, 4) is 5.75 Å². The first kappa shape index (κ1) is 19.9. The summed E-state index contributed by atoms with van der Waals surface area (Å²) in [5.41, 5.74) is 1.29. The Labute approximate surface area is 178 Å². The smallest absolute Gasteiger partial charge is 0.410 e. The maximum atomic E-state index is 12.6. The van der Waals surface area contributed by atoms with Crippen molar-refractivity contribution >= 4 is 35.2 Å². The number of benzene rings is 2. The molecule has 2 aliphatic heterocycles. The molecule has 2 atom stereocenters. The summed E-state index contributed by atoms with van der Waals surface area (Å²) in [5, 5.41) is 10.4. The first-order valence-corrected chi connectivity index (χ1v) is 10.1. The predicted molar refractivity (Wildman–Crippen MR) is 109 cm³/mol. The van der Waals surface area contributed by atoms with Crippen LogP contribution in [0.25, 0.3) is 0 Å². The number of hydrogen-bond donors (Lipinski definition) is 1. The highest BCUT2D eigenvalue weighted by molar-refractivity contribution is 6.34. The average Bonchev–Trinajstić information content (AvgIpc) is 3.25. The number of fused-ring (bicyclic) bond motifs is 1. The number of carbonyl (C=O) groups is 2. The summed E-state index contributed by atoms with van der Waals surface area (Å²) in [6.07, 6.45) is -0.369. The Bertz CT molecular complexity index is 901. The van der Waals surface area contributed by atoms with Gasteiger partial charge in [0.25, 0.3) is 5.91 Å². The molecule has 1 N–H and O–H groups in total. The van der Waals surface area contributed by atoms with Gasteiger partial charge in [-0.15, -0.1) is 0 Å². The summed E-state index contributed by atoms with van der Waals surface area (Å²) in [6.45, 7) is 2.46. The molecule has 2 saturated heterocycles. The van der Waals surface area contributed by atoms with Crippen LogP contribution < -0.4 is 0 Å². The molecule has 0 radical (unpaired) electrons. The quantitative estimate of drug-likeness (QED) is 0.790. The molecular weight excluding hydrogens is 415 g/mol. The van der Waals surface area contributed by atoms with E-state index in [1.807, 2.05) is 4.90 Å². The number of halogens is 2. The van der Waals surface area contributed by atoms with Crippen LogP contribution in [-0.2, 0) is 11.3 Å². The van der Waals surface area contributed by atoms with E-state index >= 15 is 0 Å². The highest BCUT2D eigenvalue weighted by Gasteiger charge is 2.43. The van der Waals surface area contributed by atoms with Gasteiger partial charge < -0.3 is 19.6 Å². The van der Waals surface area contributed by atoms with Gasteiger partial charge in [0, 0.05) is 53.6 Å². The van der Waals surface area contributed by atoms with Crippen molar-refractivity contribution in [2.45, 2.75) is 6.61 Å². The van der Waals surface area contributed by atoms with E-state index in [-0.39, 0.29) is 36.2 Å². The fraction of sp³-hybridized carbons (Fsp3) is 0.333. The van der Waals surface area contributed by atoms with E-state index < -0.39 is 0 Å². The van der Waals surface area contributed by atoms with Crippen LogP contribution in [0.5, 0.6) is 5.75 Å². The van der Waals surface area contributed by atoms with Gasteiger partial charge in [-0.3, -0.25) is 4.79 Å². The third kappa shape index (κ3) is 4.43. The molecule has 2 heterocycles. The lowest BCUT2D eigenvalue weighted by molar-refractivity contribution is 0.0764. The number of phenols is 1. The van der Waals surface area contributed by atoms with Gasteiger partial charge in [0.1, 0.15) is 12.4 Å². The molecule has 2 amide bonds. The maximum Gasteiger partial charge on any atom is 0.410 e. The van der Waals surface area contributed by atoms with E-state index in [0.717, 1.165) is 5.56 Å². The van der Waals surface area contributed by atoms with Crippen molar-refractivity contribution in [1.29, 1.82) is 0 Å². The molecule has 0 spiro atoms. The molecule has 0 aromatic heterocycles. The minimum Gasteiger partial charge on any atom is -0.508 e. The molecule has 2 fully saturated rings. The van der Waals surface area contributed by atoms with E-state index in [4.69, 9.17) is 27.9 Å². The number of aromatic hydroxyl groups is 1. The van der Waals surface area contributed by atoms with Gasteiger partial charge in [-0.2, -0.15) is 0 Å². The molecule has 0 aliphatic carbocycles. The summed E-state index contributed by atoms with van der Waals surface area (Å²) in [5.74, 6) is 0.564. The van der Waals surface area contributed by atoms with Gasteiger partial charge in [0.05, 0.1) is 0 Å². The van der Waals surface area contributed by atoms with E-state index in [1.54, 1.807) is 35.2 Å². The average molecular weight is 435 g/mol. The van der Waals surface area contributed by atoms with Gasteiger partial charge in [0.2, 0.25) is 0 Å². The summed E-state index contributed by atoms with van der Waals surface area (Å²) in [6, 6.07) is 11.3. The van der Waals surface area contributed by atoms with Crippen molar-refractivity contribution in [3.05, 3.63) is 63.6 Å². The Morgan fingerprint density at radius 2 is 1.48 bits per heavy atom. The second-order valence-electron chi connectivity index (χ2n) is 7.51. The normalized spacial score (nSPS) is 20.6. The topological polar surface area (TPSA) is 70.1 Å². The van der Waals surface area contributed by atoms with Crippen molar-refractivity contribution < 1.29 is 19.4 Å². The number of phenolic OH excluding ortho intramolecular Hbond substituents is 1. The van der Waals surface area contributed by atoms with E-state index in [0.29, 0.717) is 41.8 Å². The zero-order valence-electron chi connectivity index (χ0n) is 15.6. The molecule has 2 aromatic rings. The monoisotopic (exact) mass is 434 g/mol. The fourth-order valence-corrected chi connectivity index (χ4v) is 4.60. The Morgan fingerprint density at radius 3 is 2.07 bits per heavy atom. The van der Waals surface area contributed by atoms with Crippen LogP contribution in [0.15, 0.2) is 42.5 Å². The second kappa shape index (κ2) is 8.13.